The van der Waals surface area contributed by atoms with Gasteiger partial charge in [0.05, 0.1) is 29.6 Å². The highest BCUT2D eigenvalue weighted by Crippen LogP contribution is 2.37. The molecular weight excluding hydrogens is 454 g/mol. The summed E-state index contributed by atoms with van der Waals surface area (Å²) in [5, 5.41) is 9.30. The first kappa shape index (κ1) is 22.0. The molecule has 9 nitrogen and oxygen atoms in total. The molecule has 7 rings (SSSR count). The molecule has 0 amide bonds. The molecular formula is C27H31N7O2. The van der Waals surface area contributed by atoms with Gasteiger partial charge in [-0.15, -0.1) is 0 Å². The van der Waals surface area contributed by atoms with Gasteiger partial charge in [0, 0.05) is 50.2 Å². The lowest BCUT2D eigenvalue weighted by atomic mass is 10.1. The van der Waals surface area contributed by atoms with Crippen molar-refractivity contribution in [3.63, 3.8) is 0 Å². The molecule has 3 saturated heterocycles. The van der Waals surface area contributed by atoms with Crippen LogP contribution in [0.25, 0.3) is 28.0 Å². The minimum atomic E-state index is 0.306. The highest BCUT2D eigenvalue weighted by molar-refractivity contribution is 5.90. The molecule has 0 saturated carbocycles. The van der Waals surface area contributed by atoms with Crippen molar-refractivity contribution in [2.24, 2.45) is 0 Å². The van der Waals surface area contributed by atoms with Gasteiger partial charge in [-0.25, -0.2) is 9.50 Å². The second kappa shape index (κ2) is 8.99. The Kier molecular flexibility index (Phi) is 5.49. The highest BCUT2D eigenvalue weighted by Gasteiger charge is 2.33. The zero-order chi connectivity index (χ0) is 24.1. The summed E-state index contributed by atoms with van der Waals surface area (Å²) in [5.74, 6) is 0.464. The van der Waals surface area contributed by atoms with E-state index in [2.05, 4.69) is 61.2 Å². The van der Waals surface area contributed by atoms with Gasteiger partial charge in [-0.1, -0.05) is 18.2 Å². The number of likely N-dealkylation sites (tertiary alicyclic amines) is 1. The van der Waals surface area contributed by atoms with Crippen LogP contribution in [-0.4, -0.2) is 67.8 Å². The van der Waals surface area contributed by atoms with E-state index in [1.807, 2.05) is 10.7 Å². The molecule has 0 aliphatic carbocycles. The van der Waals surface area contributed by atoms with E-state index in [1.54, 1.807) is 0 Å². The van der Waals surface area contributed by atoms with Crippen molar-refractivity contribution in [1.82, 2.24) is 29.3 Å². The second-order valence-electron chi connectivity index (χ2n) is 10.2. The van der Waals surface area contributed by atoms with E-state index in [0.717, 1.165) is 73.7 Å². The minimum Gasteiger partial charge on any atom is -0.382 e. The number of ether oxygens (including phenoxy) is 2. The van der Waals surface area contributed by atoms with Crippen LogP contribution in [0.5, 0.6) is 0 Å². The maximum Gasteiger partial charge on any atom is 0.152 e. The smallest absolute Gasteiger partial charge is 0.152 e. The van der Waals surface area contributed by atoms with E-state index in [0.29, 0.717) is 24.1 Å². The van der Waals surface area contributed by atoms with Gasteiger partial charge in [0.1, 0.15) is 11.8 Å². The van der Waals surface area contributed by atoms with Gasteiger partial charge in [-0.2, -0.15) is 10.2 Å². The molecule has 2 atom stereocenters. The van der Waals surface area contributed by atoms with E-state index in [1.165, 1.54) is 24.7 Å². The van der Waals surface area contributed by atoms with Crippen molar-refractivity contribution in [3.8, 4) is 22.5 Å². The normalized spacial score (nSPS) is 23.0. The Hall–Kier alpha value is -3.27. The Labute approximate surface area is 209 Å². The van der Waals surface area contributed by atoms with Gasteiger partial charge >= 0.3 is 0 Å². The van der Waals surface area contributed by atoms with Crippen LogP contribution in [0.15, 0.2) is 48.9 Å². The topological polar surface area (TPSA) is 95.7 Å². The predicted molar refractivity (Wildman–Crippen MR) is 136 cm³/mol. The fourth-order valence-electron chi connectivity index (χ4n) is 6.13. The van der Waals surface area contributed by atoms with Gasteiger partial charge in [-0.3, -0.25) is 9.58 Å². The summed E-state index contributed by atoms with van der Waals surface area (Å²) < 4.78 is 15.6. The molecule has 3 fully saturated rings. The molecule has 1 unspecified atom stereocenters. The summed E-state index contributed by atoms with van der Waals surface area (Å²) >= 11 is 0. The Balaban J connectivity index is 1.27. The van der Waals surface area contributed by atoms with E-state index < -0.39 is 0 Å². The number of anilines is 1. The van der Waals surface area contributed by atoms with Crippen LogP contribution in [0, 0.1) is 0 Å². The Morgan fingerprint density at radius 3 is 2.61 bits per heavy atom. The number of morpholine rings is 1. The summed E-state index contributed by atoms with van der Waals surface area (Å²) in [5.41, 5.74) is 12.7. The van der Waals surface area contributed by atoms with Gasteiger partial charge in [0.2, 0.25) is 0 Å². The number of hydrogen-bond acceptors (Lipinski definition) is 7. The van der Waals surface area contributed by atoms with E-state index >= 15 is 0 Å². The molecule has 1 aromatic carbocycles. The monoisotopic (exact) mass is 485 g/mol. The van der Waals surface area contributed by atoms with Crippen LogP contribution in [0.3, 0.4) is 0 Å². The fraction of sp³-hybridized carbons (Fsp3) is 0.444. The van der Waals surface area contributed by atoms with Crippen LogP contribution in [0.4, 0.5) is 5.82 Å². The van der Waals surface area contributed by atoms with E-state index in [4.69, 9.17) is 15.2 Å². The molecule has 3 aliphatic rings. The van der Waals surface area contributed by atoms with Gasteiger partial charge in [0.15, 0.2) is 5.82 Å². The Morgan fingerprint density at radius 2 is 1.78 bits per heavy atom. The maximum absolute atomic E-state index is 6.43. The molecule has 2 N–H and O–H groups in total. The first-order chi connectivity index (χ1) is 17.7. The number of fused-ring (bicyclic) bond motifs is 3. The lowest BCUT2D eigenvalue weighted by molar-refractivity contribution is -0.0410. The summed E-state index contributed by atoms with van der Waals surface area (Å²) in [7, 11) is 0. The SMILES string of the molecule is Nc1ncnn2c(-c3cccc(CN4CC5CC[C@@H](C4)O5)c3)cc(-c3ccnn3C3CCOCC3)c12. The average Bonchev–Trinajstić information content (AvgIpc) is 3.62. The number of benzene rings is 1. The largest absolute Gasteiger partial charge is 0.382 e. The molecule has 0 spiro atoms. The Morgan fingerprint density at radius 1 is 0.944 bits per heavy atom. The zero-order valence-electron chi connectivity index (χ0n) is 20.3. The van der Waals surface area contributed by atoms with Crippen molar-refractivity contribution in [2.45, 2.75) is 50.5 Å². The summed E-state index contributed by atoms with van der Waals surface area (Å²) in [4.78, 5) is 6.85. The quantitative estimate of drug-likeness (QED) is 0.462. The second-order valence-corrected chi connectivity index (χ2v) is 10.2. The van der Waals surface area contributed by atoms with Crippen LogP contribution >= 0.6 is 0 Å². The third-order valence-electron chi connectivity index (χ3n) is 7.81. The predicted octanol–water partition coefficient (Wildman–Crippen LogP) is 3.56. The molecule has 6 heterocycles. The number of nitrogens with two attached hydrogens (primary N) is 1. The molecule has 3 aromatic heterocycles. The first-order valence-corrected chi connectivity index (χ1v) is 12.9. The lowest BCUT2D eigenvalue weighted by Crippen LogP contribution is -2.41. The molecule has 0 radical (unpaired) electrons. The average molecular weight is 486 g/mol. The molecule has 186 valence electrons. The number of hydrogen-bond donors (Lipinski definition) is 1. The highest BCUT2D eigenvalue weighted by atomic mass is 16.5. The van der Waals surface area contributed by atoms with Crippen LogP contribution in [0.2, 0.25) is 0 Å². The maximum atomic E-state index is 6.43. The van der Waals surface area contributed by atoms with Crippen LogP contribution < -0.4 is 5.73 Å². The van der Waals surface area contributed by atoms with Crippen molar-refractivity contribution < 1.29 is 9.47 Å². The lowest BCUT2D eigenvalue weighted by Gasteiger charge is -2.32. The molecule has 3 aliphatic heterocycles. The fourth-order valence-corrected chi connectivity index (χ4v) is 6.13. The molecule has 36 heavy (non-hydrogen) atoms. The summed E-state index contributed by atoms with van der Waals surface area (Å²) in [6.45, 7) is 4.47. The van der Waals surface area contributed by atoms with Crippen LogP contribution in [0.1, 0.15) is 37.3 Å². The number of nitrogen functional groups attached to an aromatic ring is 1. The van der Waals surface area contributed by atoms with Crippen molar-refractivity contribution in [2.75, 3.05) is 32.0 Å². The third-order valence-corrected chi connectivity index (χ3v) is 7.81. The van der Waals surface area contributed by atoms with Crippen molar-refractivity contribution >= 4 is 11.3 Å². The standard InChI is InChI=1S/C27H31N7O2/c28-27-26-23(24-6-9-30-33(24)20-7-10-35-11-8-20)13-25(34(26)31-17-29-27)19-3-1-2-18(12-19)14-32-15-21-4-5-22(16-32)36-21/h1-3,6,9,12-13,17,20-22H,4-5,7-8,10-11,14-16H2,(H2,28,29,31)/t21-,22?/m0/s1. The number of nitrogens with zero attached hydrogens (tertiary/aromatic N) is 6. The van der Waals surface area contributed by atoms with Crippen molar-refractivity contribution in [1.29, 1.82) is 0 Å². The summed E-state index contributed by atoms with van der Waals surface area (Å²) in [6.07, 6.45) is 8.45. The summed E-state index contributed by atoms with van der Waals surface area (Å²) in [6, 6.07) is 13.3. The first-order valence-electron chi connectivity index (χ1n) is 12.9. The van der Waals surface area contributed by atoms with E-state index in [-0.39, 0.29) is 0 Å². The third kappa shape index (κ3) is 3.87. The molecule has 9 heteroatoms. The van der Waals surface area contributed by atoms with Crippen LogP contribution in [-0.2, 0) is 16.0 Å². The van der Waals surface area contributed by atoms with Gasteiger partial charge < -0.3 is 15.2 Å². The number of rotatable bonds is 5. The van der Waals surface area contributed by atoms with Crippen molar-refractivity contribution in [3.05, 3.63) is 54.5 Å². The molecule has 2 bridgehead atoms. The van der Waals surface area contributed by atoms with Gasteiger partial charge in [0.25, 0.3) is 0 Å². The zero-order valence-corrected chi connectivity index (χ0v) is 20.3. The van der Waals surface area contributed by atoms with E-state index in [9.17, 15) is 0 Å². The molecule has 4 aromatic rings. The minimum absolute atomic E-state index is 0.306. The Bertz CT molecular complexity index is 1380. The number of aromatic nitrogens is 5. The van der Waals surface area contributed by atoms with Gasteiger partial charge in [-0.05, 0) is 49.4 Å².